The summed E-state index contributed by atoms with van der Waals surface area (Å²) in [5.74, 6) is -0.741. The lowest BCUT2D eigenvalue weighted by Gasteiger charge is -2.14. The van der Waals surface area contributed by atoms with Crippen molar-refractivity contribution in [3.63, 3.8) is 0 Å². The number of ether oxygens (including phenoxy) is 3. The molecule has 0 heterocycles. The molecular formula is C18H17F6N3O3. The third-order valence-corrected chi connectivity index (χ3v) is 3.43. The van der Waals surface area contributed by atoms with Crippen molar-refractivity contribution >= 4 is 11.6 Å². The number of nitrogens with zero attached hydrogens (tertiary/aromatic N) is 1. The predicted molar refractivity (Wildman–Crippen MR) is 96.6 cm³/mol. The van der Waals surface area contributed by atoms with Crippen LogP contribution in [0.4, 0.5) is 32.0 Å². The van der Waals surface area contributed by atoms with E-state index >= 15 is 0 Å². The molecule has 3 N–H and O–H groups in total. The standard InChI is InChI=1S/C18H17F6N3O3/c1-28-15-8-11(6-7-14(15)29-10-17(19,20)21)9-26-16(25)27-12-4-2-3-5-13(12)30-18(22,23)24/h2-8H,9-10H2,1H3,(H3,25,26,27). The zero-order valence-corrected chi connectivity index (χ0v) is 15.5. The first-order valence-electron chi connectivity index (χ1n) is 8.25. The minimum absolute atomic E-state index is 0.0307. The summed E-state index contributed by atoms with van der Waals surface area (Å²) < 4.78 is 87.8. The second-order valence-electron chi connectivity index (χ2n) is 5.76. The van der Waals surface area contributed by atoms with E-state index in [0.717, 1.165) is 6.07 Å². The van der Waals surface area contributed by atoms with E-state index in [1.54, 1.807) is 0 Å². The van der Waals surface area contributed by atoms with Crippen molar-refractivity contribution in [1.29, 1.82) is 0 Å². The molecule has 2 rings (SSSR count). The van der Waals surface area contributed by atoms with Gasteiger partial charge in [-0.15, -0.1) is 13.2 Å². The Hall–Kier alpha value is -3.31. The van der Waals surface area contributed by atoms with Crippen LogP contribution in [-0.4, -0.2) is 32.2 Å². The predicted octanol–water partition coefficient (Wildman–Crippen LogP) is 4.46. The van der Waals surface area contributed by atoms with Gasteiger partial charge in [0.05, 0.1) is 19.3 Å². The fourth-order valence-corrected chi connectivity index (χ4v) is 2.23. The van der Waals surface area contributed by atoms with Gasteiger partial charge in [0.1, 0.15) is 0 Å². The van der Waals surface area contributed by atoms with Crippen LogP contribution in [0.2, 0.25) is 0 Å². The van der Waals surface area contributed by atoms with Gasteiger partial charge in [0.2, 0.25) is 0 Å². The van der Waals surface area contributed by atoms with E-state index in [1.807, 2.05) is 0 Å². The second-order valence-corrected chi connectivity index (χ2v) is 5.76. The van der Waals surface area contributed by atoms with E-state index < -0.39 is 24.9 Å². The number of nitrogens with two attached hydrogens (primary N) is 1. The molecule has 30 heavy (non-hydrogen) atoms. The molecular weight excluding hydrogens is 420 g/mol. The summed E-state index contributed by atoms with van der Waals surface area (Å²) in [5, 5.41) is 2.50. The molecule has 0 bridgehead atoms. The number of hydrogen-bond donors (Lipinski definition) is 2. The molecule has 0 aliphatic rings. The molecule has 12 heteroatoms. The number of halogens is 6. The van der Waals surface area contributed by atoms with E-state index in [9.17, 15) is 26.3 Å². The van der Waals surface area contributed by atoms with Gasteiger partial charge < -0.3 is 25.3 Å². The summed E-state index contributed by atoms with van der Waals surface area (Å²) in [7, 11) is 1.26. The number of benzene rings is 2. The maximum atomic E-state index is 12.5. The third kappa shape index (κ3) is 7.60. The monoisotopic (exact) mass is 437 g/mol. The van der Waals surface area contributed by atoms with E-state index in [1.165, 1.54) is 43.5 Å². The summed E-state index contributed by atoms with van der Waals surface area (Å²) in [6, 6.07) is 9.39. The van der Waals surface area contributed by atoms with E-state index in [2.05, 4.69) is 19.8 Å². The first kappa shape index (κ1) is 23.0. The number of methoxy groups -OCH3 is 1. The van der Waals surface area contributed by atoms with Crippen LogP contribution in [0.3, 0.4) is 0 Å². The molecule has 0 atom stereocenters. The van der Waals surface area contributed by atoms with Crippen LogP contribution in [-0.2, 0) is 6.54 Å². The van der Waals surface area contributed by atoms with Crippen molar-refractivity contribution in [1.82, 2.24) is 0 Å². The molecule has 0 amide bonds. The average molecular weight is 437 g/mol. The van der Waals surface area contributed by atoms with Gasteiger partial charge in [-0.05, 0) is 29.8 Å². The number of nitrogens with one attached hydrogen (secondary N) is 1. The highest BCUT2D eigenvalue weighted by Crippen LogP contribution is 2.31. The van der Waals surface area contributed by atoms with Gasteiger partial charge in [-0.1, -0.05) is 18.2 Å². The topological polar surface area (TPSA) is 78.1 Å². The number of para-hydroxylation sites is 2. The smallest absolute Gasteiger partial charge is 0.493 e. The highest BCUT2D eigenvalue weighted by atomic mass is 19.4. The molecule has 0 spiro atoms. The molecule has 0 fully saturated rings. The van der Waals surface area contributed by atoms with Crippen LogP contribution in [0.25, 0.3) is 0 Å². The number of anilines is 1. The highest BCUT2D eigenvalue weighted by Gasteiger charge is 2.32. The van der Waals surface area contributed by atoms with Crippen molar-refractivity contribution in [2.24, 2.45) is 10.7 Å². The Bertz CT molecular complexity index is 884. The quantitative estimate of drug-likeness (QED) is 0.380. The van der Waals surface area contributed by atoms with Crippen LogP contribution in [0.1, 0.15) is 5.56 Å². The lowest BCUT2D eigenvalue weighted by Crippen LogP contribution is -2.24. The van der Waals surface area contributed by atoms with Crippen LogP contribution in [0.15, 0.2) is 47.5 Å². The molecule has 0 radical (unpaired) electrons. The van der Waals surface area contributed by atoms with Crippen LogP contribution >= 0.6 is 0 Å². The zero-order valence-electron chi connectivity index (χ0n) is 15.5. The van der Waals surface area contributed by atoms with Crippen molar-refractivity contribution in [3.05, 3.63) is 48.0 Å². The van der Waals surface area contributed by atoms with E-state index in [4.69, 9.17) is 10.5 Å². The molecule has 2 aromatic carbocycles. The summed E-state index contributed by atoms with van der Waals surface area (Å²) >= 11 is 0. The van der Waals surface area contributed by atoms with Crippen molar-refractivity contribution in [2.75, 3.05) is 19.0 Å². The summed E-state index contributed by atoms with van der Waals surface area (Å²) in [6.07, 6.45) is -9.38. The van der Waals surface area contributed by atoms with Crippen molar-refractivity contribution < 1.29 is 40.6 Å². The SMILES string of the molecule is COc1cc(CN=C(N)Nc2ccccc2OC(F)(F)F)ccc1OCC(F)(F)F. The van der Waals surface area contributed by atoms with Gasteiger partial charge in [-0.25, -0.2) is 4.99 Å². The fourth-order valence-electron chi connectivity index (χ4n) is 2.23. The highest BCUT2D eigenvalue weighted by molar-refractivity contribution is 5.93. The number of rotatable bonds is 7. The van der Waals surface area contributed by atoms with E-state index in [0.29, 0.717) is 5.56 Å². The Morgan fingerprint density at radius 2 is 1.70 bits per heavy atom. The first-order valence-corrected chi connectivity index (χ1v) is 8.25. The van der Waals surface area contributed by atoms with Crippen molar-refractivity contribution in [2.45, 2.75) is 19.1 Å². The fraction of sp³-hybridized carbons (Fsp3) is 0.278. The first-order chi connectivity index (χ1) is 14.0. The average Bonchev–Trinajstić information content (AvgIpc) is 2.64. The Balaban J connectivity index is 2.07. The Labute approximate surface area is 167 Å². The normalized spacial score (nSPS) is 12.4. The lowest BCUT2D eigenvalue weighted by atomic mass is 10.2. The molecule has 6 nitrogen and oxygen atoms in total. The van der Waals surface area contributed by atoms with Gasteiger partial charge in [-0.2, -0.15) is 13.2 Å². The molecule has 164 valence electrons. The number of alkyl halides is 6. The zero-order chi connectivity index (χ0) is 22.4. The van der Waals surface area contributed by atoms with Gasteiger partial charge in [0.25, 0.3) is 0 Å². The van der Waals surface area contributed by atoms with Crippen LogP contribution in [0, 0.1) is 0 Å². The molecule has 0 saturated carbocycles. The summed E-state index contributed by atoms with van der Waals surface area (Å²) in [5.41, 5.74) is 6.16. The Morgan fingerprint density at radius 1 is 1.00 bits per heavy atom. The minimum atomic E-state index is -4.88. The third-order valence-electron chi connectivity index (χ3n) is 3.43. The van der Waals surface area contributed by atoms with Crippen LogP contribution in [0.5, 0.6) is 17.2 Å². The number of hydrogen-bond acceptors (Lipinski definition) is 4. The Kier molecular flexibility index (Phi) is 7.24. The summed E-state index contributed by atoms with van der Waals surface area (Å²) in [6.45, 7) is -1.51. The minimum Gasteiger partial charge on any atom is -0.493 e. The molecule has 0 saturated heterocycles. The lowest BCUT2D eigenvalue weighted by molar-refractivity contribution is -0.274. The second kappa shape index (κ2) is 9.46. The maximum Gasteiger partial charge on any atom is 0.573 e. The van der Waals surface area contributed by atoms with Gasteiger partial charge in [0, 0.05) is 0 Å². The molecule has 0 aliphatic heterocycles. The number of guanidine groups is 1. The molecule has 0 unspecified atom stereocenters. The maximum absolute atomic E-state index is 12.5. The molecule has 0 aromatic heterocycles. The largest absolute Gasteiger partial charge is 0.573 e. The van der Waals surface area contributed by atoms with Gasteiger partial charge >= 0.3 is 12.5 Å². The van der Waals surface area contributed by atoms with Gasteiger partial charge in [0.15, 0.2) is 29.8 Å². The number of aliphatic imine (C=N–C) groups is 1. The van der Waals surface area contributed by atoms with Gasteiger partial charge in [-0.3, -0.25) is 0 Å². The van der Waals surface area contributed by atoms with E-state index in [-0.39, 0.29) is 29.7 Å². The molecule has 2 aromatic rings. The molecule has 0 aliphatic carbocycles. The van der Waals surface area contributed by atoms with Crippen LogP contribution < -0.4 is 25.3 Å². The summed E-state index contributed by atoms with van der Waals surface area (Å²) in [4.78, 5) is 3.99. The Morgan fingerprint density at radius 3 is 2.33 bits per heavy atom. The van der Waals surface area contributed by atoms with Crippen molar-refractivity contribution in [3.8, 4) is 17.2 Å².